The molecule has 19 heavy (non-hydrogen) atoms. The van der Waals surface area contributed by atoms with Crippen LogP contribution in [-0.4, -0.2) is 18.5 Å². The third-order valence-electron chi connectivity index (χ3n) is 3.81. The van der Waals surface area contributed by atoms with E-state index in [2.05, 4.69) is 16.7 Å². The van der Waals surface area contributed by atoms with Crippen molar-refractivity contribution in [2.45, 2.75) is 52.0 Å². The molecule has 0 spiro atoms. The summed E-state index contributed by atoms with van der Waals surface area (Å²) in [6.07, 6.45) is 5.72. The van der Waals surface area contributed by atoms with Gasteiger partial charge in [0.2, 0.25) is 5.91 Å². The fraction of sp³-hybridized carbons (Fsp3) is 0.562. The number of aryl methyl sites for hydroxylation is 2. The minimum absolute atomic E-state index is 0.0965. The van der Waals surface area contributed by atoms with Gasteiger partial charge in [0, 0.05) is 24.7 Å². The van der Waals surface area contributed by atoms with E-state index in [-0.39, 0.29) is 5.91 Å². The van der Waals surface area contributed by atoms with Gasteiger partial charge in [0.25, 0.3) is 0 Å². The van der Waals surface area contributed by atoms with Crippen molar-refractivity contribution < 1.29 is 4.79 Å². The van der Waals surface area contributed by atoms with E-state index < -0.39 is 0 Å². The maximum Gasteiger partial charge on any atom is 0.225 e. The molecule has 0 bridgehead atoms. The number of amides is 1. The van der Waals surface area contributed by atoms with E-state index in [4.69, 9.17) is 0 Å². The van der Waals surface area contributed by atoms with Crippen LogP contribution in [0.15, 0.2) is 18.2 Å². The van der Waals surface area contributed by atoms with Crippen LogP contribution < -0.4 is 10.6 Å². The average Bonchev–Trinajstić information content (AvgIpc) is 2.87. The van der Waals surface area contributed by atoms with Crippen LogP contribution in [0.2, 0.25) is 0 Å². The van der Waals surface area contributed by atoms with E-state index >= 15 is 0 Å². The Labute approximate surface area is 115 Å². The smallest absolute Gasteiger partial charge is 0.225 e. The van der Waals surface area contributed by atoms with E-state index in [1.54, 1.807) is 0 Å². The van der Waals surface area contributed by atoms with E-state index in [1.165, 1.54) is 31.2 Å². The first-order valence-corrected chi connectivity index (χ1v) is 7.25. The summed E-state index contributed by atoms with van der Waals surface area (Å²) in [5.41, 5.74) is 3.22. The Balaban J connectivity index is 1.75. The second kappa shape index (κ2) is 6.71. The van der Waals surface area contributed by atoms with Crippen LogP contribution in [0.5, 0.6) is 0 Å². The molecular weight excluding hydrogens is 236 g/mol. The highest BCUT2D eigenvalue weighted by atomic mass is 16.1. The second-order valence-corrected chi connectivity index (χ2v) is 5.55. The van der Waals surface area contributed by atoms with Gasteiger partial charge in [-0.25, -0.2) is 0 Å². The molecule has 0 radical (unpaired) electrons. The summed E-state index contributed by atoms with van der Waals surface area (Å²) in [5.74, 6) is 0.0965. The molecule has 0 aromatic heterocycles. The number of rotatable bonds is 5. The normalized spacial score (nSPS) is 15.7. The minimum atomic E-state index is 0.0965. The topological polar surface area (TPSA) is 41.1 Å². The first-order chi connectivity index (χ1) is 9.15. The first-order valence-electron chi connectivity index (χ1n) is 7.25. The van der Waals surface area contributed by atoms with Crippen LogP contribution in [0, 0.1) is 13.8 Å². The van der Waals surface area contributed by atoms with Gasteiger partial charge in [-0.1, -0.05) is 25.0 Å². The van der Waals surface area contributed by atoms with Gasteiger partial charge >= 0.3 is 0 Å². The standard InChI is InChI=1S/C16H24N2O/c1-12-7-8-13(2)15(11-12)18-16(19)9-10-17-14-5-3-4-6-14/h7-8,11,14,17H,3-6,9-10H2,1-2H3,(H,18,19). The van der Waals surface area contributed by atoms with E-state index in [0.717, 1.165) is 17.8 Å². The van der Waals surface area contributed by atoms with Crippen molar-refractivity contribution >= 4 is 11.6 Å². The van der Waals surface area contributed by atoms with Gasteiger partial charge < -0.3 is 10.6 Å². The largest absolute Gasteiger partial charge is 0.326 e. The summed E-state index contributed by atoms with van der Waals surface area (Å²) in [4.78, 5) is 11.9. The molecule has 1 aliphatic rings. The number of benzene rings is 1. The lowest BCUT2D eigenvalue weighted by Gasteiger charge is -2.12. The Kier molecular flexibility index (Phi) is 4.97. The van der Waals surface area contributed by atoms with Gasteiger partial charge in [-0.05, 0) is 43.9 Å². The SMILES string of the molecule is Cc1ccc(C)c(NC(=O)CCNC2CCCC2)c1. The van der Waals surface area contributed by atoms with Crippen molar-refractivity contribution in [1.82, 2.24) is 5.32 Å². The Morgan fingerprint density at radius 2 is 2.00 bits per heavy atom. The summed E-state index contributed by atoms with van der Waals surface area (Å²) < 4.78 is 0. The lowest BCUT2D eigenvalue weighted by molar-refractivity contribution is -0.116. The van der Waals surface area contributed by atoms with E-state index in [0.29, 0.717) is 12.5 Å². The van der Waals surface area contributed by atoms with Crippen molar-refractivity contribution in [2.75, 3.05) is 11.9 Å². The van der Waals surface area contributed by atoms with Crippen molar-refractivity contribution in [3.05, 3.63) is 29.3 Å². The minimum Gasteiger partial charge on any atom is -0.326 e. The van der Waals surface area contributed by atoms with Gasteiger partial charge in [-0.2, -0.15) is 0 Å². The molecule has 0 aliphatic heterocycles. The molecule has 1 amide bonds. The summed E-state index contributed by atoms with van der Waals surface area (Å²) in [7, 11) is 0. The van der Waals surface area contributed by atoms with Crippen LogP contribution in [0.4, 0.5) is 5.69 Å². The predicted molar refractivity (Wildman–Crippen MR) is 79.4 cm³/mol. The Hall–Kier alpha value is -1.35. The molecule has 2 N–H and O–H groups in total. The molecule has 104 valence electrons. The number of carbonyl (C=O) groups is 1. The summed E-state index contributed by atoms with van der Waals surface area (Å²) >= 11 is 0. The van der Waals surface area contributed by atoms with E-state index in [9.17, 15) is 4.79 Å². The number of hydrogen-bond acceptors (Lipinski definition) is 2. The number of anilines is 1. The Bertz CT molecular complexity index is 436. The molecule has 3 nitrogen and oxygen atoms in total. The lowest BCUT2D eigenvalue weighted by atomic mass is 10.1. The fourth-order valence-corrected chi connectivity index (χ4v) is 2.60. The van der Waals surface area contributed by atoms with Gasteiger partial charge in [0.05, 0.1) is 0 Å². The Morgan fingerprint density at radius 3 is 2.74 bits per heavy atom. The fourth-order valence-electron chi connectivity index (χ4n) is 2.60. The highest BCUT2D eigenvalue weighted by molar-refractivity contribution is 5.91. The molecule has 1 saturated carbocycles. The molecule has 2 rings (SSSR count). The summed E-state index contributed by atoms with van der Waals surface area (Å²) in [6, 6.07) is 6.76. The van der Waals surface area contributed by atoms with Gasteiger partial charge in [-0.15, -0.1) is 0 Å². The molecule has 0 atom stereocenters. The predicted octanol–water partition coefficient (Wildman–Crippen LogP) is 3.16. The van der Waals surface area contributed by atoms with Crippen molar-refractivity contribution in [2.24, 2.45) is 0 Å². The van der Waals surface area contributed by atoms with Gasteiger partial charge in [-0.3, -0.25) is 4.79 Å². The number of carbonyl (C=O) groups excluding carboxylic acids is 1. The zero-order valence-electron chi connectivity index (χ0n) is 12.0. The van der Waals surface area contributed by atoms with Crippen LogP contribution in [0.25, 0.3) is 0 Å². The summed E-state index contributed by atoms with van der Waals surface area (Å²) in [5, 5.41) is 6.46. The zero-order valence-corrected chi connectivity index (χ0v) is 12.0. The maximum atomic E-state index is 11.9. The molecule has 3 heteroatoms. The van der Waals surface area contributed by atoms with Crippen molar-refractivity contribution in [3.63, 3.8) is 0 Å². The monoisotopic (exact) mass is 260 g/mol. The Morgan fingerprint density at radius 1 is 1.26 bits per heavy atom. The van der Waals surface area contributed by atoms with Crippen LogP contribution in [0.3, 0.4) is 0 Å². The van der Waals surface area contributed by atoms with Gasteiger partial charge in [0.15, 0.2) is 0 Å². The van der Waals surface area contributed by atoms with Gasteiger partial charge in [0.1, 0.15) is 0 Å². The van der Waals surface area contributed by atoms with Crippen molar-refractivity contribution in [3.8, 4) is 0 Å². The molecule has 1 aliphatic carbocycles. The highest BCUT2D eigenvalue weighted by Gasteiger charge is 2.14. The van der Waals surface area contributed by atoms with Crippen LogP contribution >= 0.6 is 0 Å². The van der Waals surface area contributed by atoms with Crippen molar-refractivity contribution in [1.29, 1.82) is 0 Å². The third kappa shape index (κ3) is 4.35. The number of nitrogens with one attached hydrogen (secondary N) is 2. The molecular formula is C16H24N2O. The molecule has 1 aromatic carbocycles. The first kappa shape index (κ1) is 14.1. The van der Waals surface area contributed by atoms with Crippen LogP contribution in [0.1, 0.15) is 43.2 Å². The average molecular weight is 260 g/mol. The molecule has 0 saturated heterocycles. The second-order valence-electron chi connectivity index (χ2n) is 5.55. The van der Waals surface area contributed by atoms with E-state index in [1.807, 2.05) is 26.0 Å². The third-order valence-corrected chi connectivity index (χ3v) is 3.81. The molecule has 1 aromatic rings. The lowest BCUT2D eigenvalue weighted by Crippen LogP contribution is -2.29. The quantitative estimate of drug-likeness (QED) is 0.854. The molecule has 1 fully saturated rings. The summed E-state index contributed by atoms with van der Waals surface area (Å²) in [6.45, 7) is 4.84. The molecule has 0 unspecified atom stereocenters. The van der Waals surface area contributed by atoms with Crippen LogP contribution in [-0.2, 0) is 4.79 Å². The zero-order chi connectivity index (χ0) is 13.7. The maximum absolute atomic E-state index is 11.9. The highest BCUT2D eigenvalue weighted by Crippen LogP contribution is 2.18. The molecule has 0 heterocycles. The number of hydrogen-bond donors (Lipinski definition) is 2.